The van der Waals surface area contributed by atoms with E-state index in [1.54, 1.807) is 18.0 Å². The number of aromatic nitrogens is 1. The van der Waals surface area contributed by atoms with Crippen molar-refractivity contribution in [3.63, 3.8) is 0 Å². The molecule has 0 aliphatic heterocycles. The molecule has 0 aliphatic rings. The molecule has 1 aromatic heterocycles. The Morgan fingerprint density at radius 2 is 2.16 bits per heavy atom. The van der Waals surface area contributed by atoms with Crippen LogP contribution in [0.2, 0.25) is 0 Å². The standard InChI is InChI=1S/C15H20N2OS/c1-4-13(16)8-12-7-10(2)5-6-14(12)19-15-17-11(3)9-18-15/h5-7,9,13H,4,8,16H2,1-3H3. The molecule has 102 valence electrons. The van der Waals surface area contributed by atoms with Crippen molar-refractivity contribution < 1.29 is 4.42 Å². The van der Waals surface area contributed by atoms with Crippen LogP contribution in [-0.2, 0) is 6.42 Å². The molecule has 1 heterocycles. The van der Waals surface area contributed by atoms with Gasteiger partial charge in [0.1, 0.15) is 6.26 Å². The molecular weight excluding hydrogens is 256 g/mol. The lowest BCUT2D eigenvalue weighted by Gasteiger charge is -2.13. The average Bonchev–Trinajstić information content (AvgIpc) is 2.78. The van der Waals surface area contributed by atoms with Crippen molar-refractivity contribution in [3.05, 3.63) is 41.3 Å². The third-order valence-corrected chi connectivity index (χ3v) is 4.00. The van der Waals surface area contributed by atoms with Crippen LogP contribution in [0.5, 0.6) is 0 Å². The maximum Gasteiger partial charge on any atom is 0.260 e. The summed E-state index contributed by atoms with van der Waals surface area (Å²) in [5.74, 6) is 0. The van der Waals surface area contributed by atoms with Crippen LogP contribution in [0.4, 0.5) is 0 Å². The van der Waals surface area contributed by atoms with Gasteiger partial charge < -0.3 is 10.2 Å². The molecule has 3 nitrogen and oxygen atoms in total. The quantitative estimate of drug-likeness (QED) is 0.904. The van der Waals surface area contributed by atoms with E-state index in [-0.39, 0.29) is 6.04 Å². The second kappa shape index (κ2) is 6.26. The topological polar surface area (TPSA) is 52.0 Å². The van der Waals surface area contributed by atoms with Gasteiger partial charge in [-0.3, -0.25) is 0 Å². The van der Waals surface area contributed by atoms with Crippen molar-refractivity contribution in [2.75, 3.05) is 0 Å². The maximum atomic E-state index is 6.07. The van der Waals surface area contributed by atoms with E-state index in [0.29, 0.717) is 5.22 Å². The van der Waals surface area contributed by atoms with Crippen LogP contribution in [0.15, 0.2) is 39.0 Å². The Morgan fingerprint density at radius 1 is 1.37 bits per heavy atom. The fourth-order valence-electron chi connectivity index (χ4n) is 1.87. The van der Waals surface area contributed by atoms with Crippen molar-refractivity contribution in [1.29, 1.82) is 0 Å². The maximum absolute atomic E-state index is 6.07. The summed E-state index contributed by atoms with van der Waals surface area (Å²) in [6, 6.07) is 6.64. The molecule has 1 unspecified atom stereocenters. The number of aryl methyl sites for hydroxylation is 2. The van der Waals surface area contributed by atoms with Crippen LogP contribution in [-0.4, -0.2) is 11.0 Å². The minimum atomic E-state index is 0.201. The second-order valence-corrected chi connectivity index (χ2v) is 5.83. The SMILES string of the molecule is CCC(N)Cc1cc(C)ccc1Sc1nc(C)co1. The number of hydrogen-bond acceptors (Lipinski definition) is 4. The molecule has 19 heavy (non-hydrogen) atoms. The van der Waals surface area contributed by atoms with Crippen molar-refractivity contribution in [2.24, 2.45) is 5.73 Å². The van der Waals surface area contributed by atoms with E-state index in [0.717, 1.165) is 18.5 Å². The summed E-state index contributed by atoms with van der Waals surface area (Å²) >= 11 is 1.56. The highest BCUT2D eigenvalue weighted by molar-refractivity contribution is 7.99. The fourth-order valence-corrected chi connectivity index (χ4v) is 2.75. The molecule has 1 aromatic carbocycles. The Balaban J connectivity index is 2.23. The smallest absolute Gasteiger partial charge is 0.260 e. The molecule has 0 amide bonds. The molecule has 2 aromatic rings. The monoisotopic (exact) mass is 276 g/mol. The first-order chi connectivity index (χ1) is 9.08. The molecule has 1 atom stereocenters. The second-order valence-electron chi connectivity index (χ2n) is 4.84. The lowest BCUT2D eigenvalue weighted by atomic mass is 10.0. The van der Waals surface area contributed by atoms with Crippen LogP contribution >= 0.6 is 11.8 Å². The van der Waals surface area contributed by atoms with Gasteiger partial charge in [0.2, 0.25) is 0 Å². The normalized spacial score (nSPS) is 12.6. The predicted molar refractivity (Wildman–Crippen MR) is 78.5 cm³/mol. The van der Waals surface area contributed by atoms with Crippen LogP contribution in [0.3, 0.4) is 0 Å². The zero-order valence-electron chi connectivity index (χ0n) is 11.6. The number of nitrogens with two attached hydrogens (primary N) is 1. The molecule has 4 heteroatoms. The van der Waals surface area contributed by atoms with Gasteiger partial charge in [-0.05, 0) is 50.1 Å². The first-order valence-electron chi connectivity index (χ1n) is 6.53. The first kappa shape index (κ1) is 14.2. The third kappa shape index (κ3) is 3.85. The molecule has 0 saturated carbocycles. The summed E-state index contributed by atoms with van der Waals surface area (Å²) in [5.41, 5.74) is 9.51. The van der Waals surface area contributed by atoms with Gasteiger partial charge in [-0.15, -0.1) is 0 Å². The van der Waals surface area contributed by atoms with Crippen molar-refractivity contribution in [3.8, 4) is 0 Å². The van der Waals surface area contributed by atoms with Crippen LogP contribution in [0.1, 0.15) is 30.2 Å². The molecule has 2 rings (SSSR count). The van der Waals surface area contributed by atoms with Gasteiger partial charge in [0.05, 0.1) is 5.69 Å². The summed E-state index contributed by atoms with van der Waals surface area (Å²) in [6.07, 6.45) is 3.55. The van der Waals surface area contributed by atoms with Crippen molar-refractivity contribution in [2.45, 2.75) is 49.8 Å². The van der Waals surface area contributed by atoms with E-state index in [9.17, 15) is 0 Å². The molecule has 0 bridgehead atoms. The number of benzene rings is 1. The molecule has 2 N–H and O–H groups in total. The van der Waals surface area contributed by atoms with Crippen LogP contribution in [0.25, 0.3) is 0 Å². The molecule has 0 radical (unpaired) electrons. The van der Waals surface area contributed by atoms with E-state index in [4.69, 9.17) is 10.2 Å². The summed E-state index contributed by atoms with van der Waals surface area (Å²) in [6.45, 7) is 6.14. The number of nitrogens with zero attached hydrogens (tertiary/aromatic N) is 1. The number of hydrogen-bond donors (Lipinski definition) is 1. The summed E-state index contributed by atoms with van der Waals surface area (Å²) in [4.78, 5) is 5.51. The van der Waals surface area contributed by atoms with E-state index in [1.165, 1.54) is 16.0 Å². The lowest BCUT2D eigenvalue weighted by Crippen LogP contribution is -2.21. The molecule has 0 spiro atoms. The number of oxazole rings is 1. The van der Waals surface area contributed by atoms with E-state index in [1.807, 2.05) is 6.92 Å². The third-order valence-electron chi connectivity index (χ3n) is 3.02. The van der Waals surface area contributed by atoms with Crippen molar-refractivity contribution >= 4 is 11.8 Å². The average molecular weight is 276 g/mol. The van der Waals surface area contributed by atoms with Gasteiger partial charge >= 0.3 is 0 Å². The lowest BCUT2D eigenvalue weighted by molar-refractivity contribution is 0.454. The molecule has 0 fully saturated rings. The first-order valence-corrected chi connectivity index (χ1v) is 7.35. The Morgan fingerprint density at radius 3 is 2.79 bits per heavy atom. The van der Waals surface area contributed by atoms with Crippen molar-refractivity contribution in [1.82, 2.24) is 4.98 Å². The van der Waals surface area contributed by atoms with Gasteiger partial charge in [0.15, 0.2) is 0 Å². The largest absolute Gasteiger partial charge is 0.439 e. The minimum absolute atomic E-state index is 0.201. The Bertz CT molecular complexity index is 551. The highest BCUT2D eigenvalue weighted by atomic mass is 32.2. The summed E-state index contributed by atoms with van der Waals surface area (Å²) in [7, 11) is 0. The summed E-state index contributed by atoms with van der Waals surface area (Å²) in [5, 5.41) is 0.688. The highest BCUT2D eigenvalue weighted by Crippen LogP contribution is 2.31. The van der Waals surface area contributed by atoms with Gasteiger partial charge in [-0.25, -0.2) is 4.98 Å². The molecule has 0 saturated heterocycles. The Hall–Kier alpha value is -1.26. The van der Waals surface area contributed by atoms with E-state index < -0.39 is 0 Å². The molecular formula is C15H20N2OS. The zero-order chi connectivity index (χ0) is 13.8. The van der Waals surface area contributed by atoms with Gasteiger partial charge in [0.25, 0.3) is 5.22 Å². The fraction of sp³-hybridized carbons (Fsp3) is 0.400. The zero-order valence-corrected chi connectivity index (χ0v) is 12.5. The van der Waals surface area contributed by atoms with Gasteiger partial charge in [-0.1, -0.05) is 24.6 Å². The van der Waals surface area contributed by atoms with Crippen LogP contribution in [0, 0.1) is 13.8 Å². The Labute approximate surface area is 118 Å². The van der Waals surface area contributed by atoms with Gasteiger partial charge in [0, 0.05) is 10.9 Å². The van der Waals surface area contributed by atoms with Gasteiger partial charge in [-0.2, -0.15) is 0 Å². The van der Waals surface area contributed by atoms with E-state index >= 15 is 0 Å². The predicted octanol–water partition coefficient (Wildman–Crippen LogP) is 3.72. The highest BCUT2D eigenvalue weighted by Gasteiger charge is 2.11. The van der Waals surface area contributed by atoms with E-state index in [2.05, 4.69) is 37.0 Å². The Kier molecular flexibility index (Phi) is 4.66. The molecule has 0 aliphatic carbocycles. The number of rotatable bonds is 5. The van der Waals surface area contributed by atoms with Crippen LogP contribution < -0.4 is 5.73 Å². The summed E-state index contributed by atoms with van der Waals surface area (Å²) < 4.78 is 5.41. The minimum Gasteiger partial charge on any atom is -0.439 e.